The summed E-state index contributed by atoms with van der Waals surface area (Å²) in [6, 6.07) is 6.11. The fraction of sp³-hybridized carbons (Fsp3) is 0.167. The first-order valence-corrected chi connectivity index (χ1v) is 5.64. The molecular formula is C12H10FNOS. The van der Waals surface area contributed by atoms with Gasteiger partial charge < -0.3 is 0 Å². The molecule has 1 aromatic carbocycles. The molecular weight excluding hydrogens is 225 g/mol. The highest BCUT2D eigenvalue weighted by Gasteiger charge is 2.12. The number of aryl methyl sites for hydroxylation is 1. The Labute approximate surface area is 96.8 Å². The van der Waals surface area contributed by atoms with E-state index in [0.29, 0.717) is 4.88 Å². The van der Waals surface area contributed by atoms with E-state index in [1.807, 2.05) is 0 Å². The summed E-state index contributed by atoms with van der Waals surface area (Å²) in [6.45, 7) is 3.33. The van der Waals surface area contributed by atoms with Gasteiger partial charge in [0.2, 0.25) is 0 Å². The summed E-state index contributed by atoms with van der Waals surface area (Å²) >= 11 is 1.34. The summed E-state index contributed by atoms with van der Waals surface area (Å²) in [7, 11) is 0. The Hall–Kier alpha value is -1.55. The number of hydrogen-bond acceptors (Lipinski definition) is 3. The summed E-state index contributed by atoms with van der Waals surface area (Å²) < 4.78 is 12.7. The third kappa shape index (κ3) is 2.02. The number of carbonyl (C=O) groups is 1. The molecule has 0 saturated heterocycles. The van der Waals surface area contributed by atoms with Gasteiger partial charge in [0.05, 0.1) is 10.6 Å². The molecule has 0 unspecified atom stereocenters. The monoisotopic (exact) mass is 235 g/mol. The quantitative estimate of drug-likeness (QED) is 0.746. The Morgan fingerprint density at radius 1 is 1.31 bits per heavy atom. The van der Waals surface area contributed by atoms with Gasteiger partial charge >= 0.3 is 0 Å². The molecule has 0 aliphatic carbocycles. The molecule has 0 aliphatic rings. The lowest BCUT2D eigenvalue weighted by molar-refractivity contribution is 0.102. The Bertz CT molecular complexity index is 530. The first-order valence-electron chi connectivity index (χ1n) is 4.82. The van der Waals surface area contributed by atoms with Crippen LogP contribution < -0.4 is 0 Å². The van der Waals surface area contributed by atoms with Crippen LogP contribution in [0.15, 0.2) is 24.3 Å². The van der Waals surface area contributed by atoms with Crippen molar-refractivity contribution in [2.45, 2.75) is 13.8 Å². The van der Waals surface area contributed by atoms with Crippen LogP contribution in [-0.2, 0) is 0 Å². The molecule has 1 aromatic heterocycles. The van der Waals surface area contributed by atoms with Crippen molar-refractivity contribution in [3.63, 3.8) is 0 Å². The van der Waals surface area contributed by atoms with E-state index >= 15 is 0 Å². The van der Waals surface area contributed by atoms with Crippen molar-refractivity contribution >= 4 is 17.1 Å². The van der Waals surface area contributed by atoms with Gasteiger partial charge in [-0.15, -0.1) is 11.3 Å². The van der Waals surface area contributed by atoms with Crippen molar-refractivity contribution in [2.24, 2.45) is 0 Å². The van der Waals surface area contributed by atoms with Crippen LogP contribution in [0.25, 0.3) is 10.6 Å². The second-order valence-corrected chi connectivity index (χ2v) is 4.50. The molecule has 0 N–H and O–H groups in total. The SMILES string of the molecule is CC(=O)c1sc(-c2ccc(F)cc2)nc1C. The normalized spacial score (nSPS) is 10.4. The number of benzene rings is 1. The second kappa shape index (κ2) is 4.14. The van der Waals surface area contributed by atoms with Gasteiger partial charge in [0, 0.05) is 12.5 Å². The highest BCUT2D eigenvalue weighted by Crippen LogP contribution is 2.28. The molecule has 0 fully saturated rings. The molecule has 0 bridgehead atoms. The van der Waals surface area contributed by atoms with Crippen molar-refractivity contribution in [3.8, 4) is 10.6 Å². The maximum absolute atomic E-state index is 12.7. The highest BCUT2D eigenvalue weighted by molar-refractivity contribution is 7.17. The average Bonchev–Trinajstić information content (AvgIpc) is 2.61. The van der Waals surface area contributed by atoms with E-state index in [0.717, 1.165) is 16.3 Å². The van der Waals surface area contributed by atoms with E-state index in [9.17, 15) is 9.18 Å². The van der Waals surface area contributed by atoms with Crippen LogP contribution >= 0.6 is 11.3 Å². The van der Waals surface area contributed by atoms with Gasteiger partial charge in [0.15, 0.2) is 5.78 Å². The third-order valence-electron chi connectivity index (χ3n) is 2.21. The molecule has 0 radical (unpaired) electrons. The number of aromatic nitrogens is 1. The average molecular weight is 235 g/mol. The second-order valence-electron chi connectivity index (χ2n) is 3.50. The number of hydrogen-bond donors (Lipinski definition) is 0. The van der Waals surface area contributed by atoms with Gasteiger partial charge in [0.1, 0.15) is 10.8 Å². The molecule has 0 amide bonds. The van der Waals surface area contributed by atoms with E-state index in [-0.39, 0.29) is 11.6 Å². The molecule has 0 atom stereocenters. The molecule has 2 nitrogen and oxygen atoms in total. The summed E-state index contributed by atoms with van der Waals surface area (Å²) in [5, 5.41) is 0.753. The van der Waals surface area contributed by atoms with Crippen molar-refractivity contribution < 1.29 is 9.18 Å². The summed E-state index contributed by atoms with van der Waals surface area (Å²) in [4.78, 5) is 16.2. The van der Waals surface area contributed by atoms with Crippen molar-refractivity contribution in [3.05, 3.63) is 40.7 Å². The maximum atomic E-state index is 12.7. The largest absolute Gasteiger partial charge is 0.294 e. The molecule has 2 aromatic rings. The van der Waals surface area contributed by atoms with Crippen molar-refractivity contribution in [1.82, 2.24) is 4.98 Å². The van der Waals surface area contributed by atoms with Crippen LogP contribution in [-0.4, -0.2) is 10.8 Å². The number of rotatable bonds is 2. The van der Waals surface area contributed by atoms with Gasteiger partial charge in [-0.1, -0.05) is 0 Å². The van der Waals surface area contributed by atoms with Crippen molar-refractivity contribution in [2.75, 3.05) is 0 Å². The van der Waals surface area contributed by atoms with E-state index in [4.69, 9.17) is 0 Å². The first kappa shape index (κ1) is 11.0. The van der Waals surface area contributed by atoms with Gasteiger partial charge in [-0.2, -0.15) is 0 Å². The summed E-state index contributed by atoms with van der Waals surface area (Å²) in [5.41, 5.74) is 1.57. The van der Waals surface area contributed by atoms with Gasteiger partial charge in [-0.25, -0.2) is 9.37 Å². The lowest BCUT2D eigenvalue weighted by atomic mass is 10.2. The van der Waals surface area contributed by atoms with E-state index in [2.05, 4.69) is 4.98 Å². The first-order chi connectivity index (χ1) is 7.58. The molecule has 2 rings (SSSR count). The smallest absolute Gasteiger partial charge is 0.171 e. The molecule has 1 heterocycles. The minimum atomic E-state index is -0.274. The van der Waals surface area contributed by atoms with Crippen LogP contribution in [0.3, 0.4) is 0 Å². The van der Waals surface area contributed by atoms with Crippen LogP contribution in [0, 0.1) is 12.7 Å². The Morgan fingerprint density at radius 3 is 2.44 bits per heavy atom. The van der Waals surface area contributed by atoms with Gasteiger partial charge in [-0.05, 0) is 31.2 Å². The van der Waals surface area contributed by atoms with Crippen LogP contribution in [0.4, 0.5) is 4.39 Å². The van der Waals surface area contributed by atoms with Crippen molar-refractivity contribution in [1.29, 1.82) is 0 Å². The lowest BCUT2D eigenvalue weighted by Crippen LogP contribution is -1.89. The third-order valence-corrected chi connectivity index (χ3v) is 3.51. The predicted molar refractivity (Wildman–Crippen MR) is 62.2 cm³/mol. The standard InChI is InChI=1S/C12H10FNOS/c1-7-11(8(2)15)16-12(14-7)9-3-5-10(13)6-4-9/h3-6H,1-2H3. The van der Waals surface area contributed by atoms with Gasteiger partial charge in [0.25, 0.3) is 0 Å². The van der Waals surface area contributed by atoms with E-state index in [1.54, 1.807) is 19.1 Å². The summed E-state index contributed by atoms with van der Waals surface area (Å²) in [5.74, 6) is -0.257. The fourth-order valence-electron chi connectivity index (χ4n) is 1.44. The number of nitrogens with zero attached hydrogens (tertiary/aromatic N) is 1. The van der Waals surface area contributed by atoms with Gasteiger partial charge in [-0.3, -0.25) is 4.79 Å². The summed E-state index contributed by atoms with van der Waals surface area (Å²) in [6.07, 6.45) is 0. The molecule has 0 aliphatic heterocycles. The zero-order valence-electron chi connectivity index (χ0n) is 8.95. The predicted octanol–water partition coefficient (Wildman–Crippen LogP) is 3.46. The minimum absolute atomic E-state index is 0.0170. The number of Topliss-reactive ketones (excluding diaryl/α,β-unsaturated/α-hetero) is 1. The Morgan fingerprint density at radius 2 is 1.94 bits per heavy atom. The minimum Gasteiger partial charge on any atom is -0.294 e. The molecule has 4 heteroatoms. The van der Waals surface area contributed by atoms with E-state index in [1.165, 1.54) is 30.4 Å². The number of thiazole rings is 1. The Balaban J connectivity index is 2.45. The number of halogens is 1. The molecule has 0 spiro atoms. The Kier molecular flexibility index (Phi) is 2.83. The van der Waals surface area contributed by atoms with Crippen LogP contribution in [0.1, 0.15) is 22.3 Å². The fourth-order valence-corrected chi connectivity index (χ4v) is 2.41. The number of carbonyl (C=O) groups excluding carboxylic acids is 1. The van der Waals surface area contributed by atoms with Crippen LogP contribution in [0.2, 0.25) is 0 Å². The maximum Gasteiger partial charge on any atom is 0.171 e. The lowest BCUT2D eigenvalue weighted by Gasteiger charge is -1.94. The van der Waals surface area contributed by atoms with E-state index < -0.39 is 0 Å². The zero-order valence-corrected chi connectivity index (χ0v) is 9.77. The molecule has 16 heavy (non-hydrogen) atoms. The number of ketones is 1. The van der Waals surface area contributed by atoms with Crippen LogP contribution in [0.5, 0.6) is 0 Å². The molecule has 82 valence electrons. The zero-order chi connectivity index (χ0) is 11.7. The topological polar surface area (TPSA) is 30.0 Å². The highest BCUT2D eigenvalue weighted by atomic mass is 32.1. The molecule has 0 saturated carbocycles.